The number of rotatable bonds is 7. The van der Waals surface area contributed by atoms with E-state index in [0.29, 0.717) is 29.8 Å². The van der Waals surface area contributed by atoms with Crippen molar-refractivity contribution in [3.05, 3.63) is 58.9 Å². The second-order valence-electron chi connectivity index (χ2n) is 5.78. The van der Waals surface area contributed by atoms with Crippen molar-refractivity contribution in [2.45, 2.75) is 25.7 Å². The summed E-state index contributed by atoms with van der Waals surface area (Å²) in [5, 5.41) is 9.09. The number of aromatic amines is 1. The Morgan fingerprint density at radius 3 is 2.84 bits per heavy atom. The quantitative estimate of drug-likeness (QED) is 0.662. The van der Waals surface area contributed by atoms with Gasteiger partial charge in [0.2, 0.25) is 0 Å². The number of ether oxygens (including phenoxy) is 1. The monoisotopic (exact) mass is 333 g/mol. The summed E-state index contributed by atoms with van der Waals surface area (Å²) in [6.07, 6.45) is 3.39. The van der Waals surface area contributed by atoms with Crippen molar-refractivity contribution in [3.63, 3.8) is 0 Å². The van der Waals surface area contributed by atoms with Crippen molar-refractivity contribution in [3.8, 4) is 23.2 Å². The molecule has 0 aliphatic rings. The van der Waals surface area contributed by atoms with Crippen molar-refractivity contribution in [1.29, 1.82) is 5.26 Å². The third-order valence-corrected chi connectivity index (χ3v) is 3.92. The van der Waals surface area contributed by atoms with Crippen LogP contribution in [0.2, 0.25) is 0 Å². The molecule has 0 saturated heterocycles. The summed E-state index contributed by atoms with van der Waals surface area (Å²) in [5.41, 5.74) is 1.33. The zero-order valence-corrected chi connectivity index (χ0v) is 13.9. The Morgan fingerprint density at radius 1 is 1.08 bits per heavy atom. The molecule has 0 aliphatic carbocycles. The maximum Gasteiger partial charge on any atom is 0.259 e. The predicted molar refractivity (Wildman–Crippen MR) is 97.4 cm³/mol. The number of hydrogen-bond donors (Lipinski definition) is 1. The number of aromatic nitrogens is 2. The summed E-state index contributed by atoms with van der Waals surface area (Å²) in [4.78, 5) is 19.6. The van der Waals surface area contributed by atoms with Gasteiger partial charge in [-0.05, 0) is 43.5 Å². The van der Waals surface area contributed by atoms with E-state index in [4.69, 9.17) is 10.00 Å². The van der Waals surface area contributed by atoms with Gasteiger partial charge >= 0.3 is 0 Å². The minimum absolute atomic E-state index is 0.149. The van der Waals surface area contributed by atoms with Crippen LogP contribution in [0.25, 0.3) is 22.3 Å². The number of nitrogens with zero attached hydrogens (tertiary/aromatic N) is 2. The molecule has 1 aromatic heterocycles. The van der Waals surface area contributed by atoms with Gasteiger partial charge in [0.15, 0.2) is 0 Å². The molecular weight excluding hydrogens is 314 g/mol. The number of hydrogen-bond acceptors (Lipinski definition) is 4. The van der Waals surface area contributed by atoms with Crippen LogP contribution in [0.1, 0.15) is 25.7 Å². The Bertz CT molecular complexity index is 957. The molecule has 0 bridgehead atoms. The average Bonchev–Trinajstić information content (AvgIpc) is 2.65. The number of unbranched alkanes of at least 4 members (excludes halogenated alkanes) is 3. The van der Waals surface area contributed by atoms with Gasteiger partial charge in [0.1, 0.15) is 11.6 Å². The van der Waals surface area contributed by atoms with Gasteiger partial charge < -0.3 is 9.72 Å². The Hall–Kier alpha value is -3.13. The standard InChI is InChI=1S/C20H19N3O2/c21-12-5-1-2-6-13-25-16-9-7-8-15(14-16)19-22-18-11-4-3-10-17(18)20(24)23-19/h3-4,7-11,14H,1-2,5-6,13H2,(H,22,23,24). The zero-order valence-electron chi connectivity index (χ0n) is 13.9. The lowest BCUT2D eigenvalue weighted by atomic mass is 10.2. The lowest BCUT2D eigenvalue weighted by molar-refractivity contribution is 0.305. The first-order valence-corrected chi connectivity index (χ1v) is 8.37. The molecule has 3 aromatic rings. The maximum atomic E-state index is 12.2. The first-order valence-electron chi connectivity index (χ1n) is 8.37. The zero-order chi connectivity index (χ0) is 17.5. The van der Waals surface area contributed by atoms with Crippen molar-refractivity contribution < 1.29 is 4.74 Å². The third kappa shape index (κ3) is 4.24. The second-order valence-corrected chi connectivity index (χ2v) is 5.78. The number of para-hydroxylation sites is 1. The van der Waals surface area contributed by atoms with Crippen LogP contribution in [0.15, 0.2) is 53.3 Å². The number of benzene rings is 2. The summed E-state index contributed by atoms with van der Waals surface area (Å²) >= 11 is 0. The fraction of sp³-hybridized carbons (Fsp3) is 0.250. The average molecular weight is 333 g/mol. The van der Waals surface area contributed by atoms with Crippen LogP contribution < -0.4 is 10.3 Å². The molecule has 0 aliphatic heterocycles. The second kappa shape index (κ2) is 8.11. The lowest BCUT2D eigenvalue weighted by Crippen LogP contribution is -2.09. The molecule has 0 fully saturated rings. The molecule has 25 heavy (non-hydrogen) atoms. The fourth-order valence-electron chi connectivity index (χ4n) is 2.63. The summed E-state index contributed by atoms with van der Waals surface area (Å²) in [7, 11) is 0. The first-order chi connectivity index (χ1) is 12.3. The molecule has 0 saturated carbocycles. The van der Waals surface area contributed by atoms with Crippen LogP contribution in [0.5, 0.6) is 5.75 Å². The Labute approximate surface area is 145 Å². The first kappa shape index (κ1) is 16.7. The van der Waals surface area contributed by atoms with E-state index in [1.54, 1.807) is 6.07 Å². The van der Waals surface area contributed by atoms with Gasteiger partial charge in [0.25, 0.3) is 5.56 Å². The number of nitriles is 1. The Morgan fingerprint density at radius 2 is 1.96 bits per heavy atom. The molecule has 5 nitrogen and oxygen atoms in total. The van der Waals surface area contributed by atoms with Gasteiger partial charge in [-0.2, -0.15) is 5.26 Å². The van der Waals surface area contributed by atoms with Gasteiger partial charge in [-0.3, -0.25) is 4.79 Å². The van der Waals surface area contributed by atoms with Crippen LogP contribution in [-0.2, 0) is 0 Å². The van der Waals surface area contributed by atoms with Gasteiger partial charge in [0, 0.05) is 12.0 Å². The molecule has 0 radical (unpaired) electrons. The van der Waals surface area contributed by atoms with Crippen molar-refractivity contribution in [1.82, 2.24) is 9.97 Å². The molecule has 1 heterocycles. The van der Waals surface area contributed by atoms with E-state index in [9.17, 15) is 4.79 Å². The maximum absolute atomic E-state index is 12.2. The highest BCUT2D eigenvalue weighted by atomic mass is 16.5. The molecule has 5 heteroatoms. The van der Waals surface area contributed by atoms with Gasteiger partial charge in [-0.1, -0.05) is 24.3 Å². The van der Waals surface area contributed by atoms with Crippen molar-refractivity contribution in [2.24, 2.45) is 0 Å². The van der Waals surface area contributed by atoms with E-state index < -0.39 is 0 Å². The van der Waals surface area contributed by atoms with Gasteiger partial charge in [-0.25, -0.2) is 4.98 Å². The molecule has 1 N–H and O–H groups in total. The summed E-state index contributed by atoms with van der Waals surface area (Å²) in [6, 6.07) is 17.0. The van der Waals surface area contributed by atoms with Crippen molar-refractivity contribution >= 4 is 10.9 Å². The van der Waals surface area contributed by atoms with E-state index in [0.717, 1.165) is 30.6 Å². The molecule has 2 aromatic carbocycles. The van der Waals surface area contributed by atoms with E-state index in [1.807, 2.05) is 42.5 Å². The van der Waals surface area contributed by atoms with E-state index in [-0.39, 0.29) is 5.56 Å². The SMILES string of the molecule is N#CCCCCCOc1cccc(-c2nc3ccccc3c(=O)[nH]2)c1. The van der Waals surface area contributed by atoms with Crippen LogP contribution in [0, 0.1) is 11.3 Å². The van der Waals surface area contributed by atoms with Gasteiger partial charge in [0.05, 0.1) is 23.6 Å². The summed E-state index contributed by atoms with van der Waals surface area (Å²) in [6.45, 7) is 0.608. The minimum atomic E-state index is -0.149. The third-order valence-electron chi connectivity index (χ3n) is 3.92. The largest absolute Gasteiger partial charge is 0.494 e. The molecule has 0 atom stereocenters. The Balaban J connectivity index is 1.73. The Kier molecular flexibility index (Phi) is 5.43. The van der Waals surface area contributed by atoms with E-state index in [1.165, 1.54) is 0 Å². The highest BCUT2D eigenvalue weighted by molar-refractivity contribution is 5.79. The van der Waals surface area contributed by atoms with Crippen molar-refractivity contribution in [2.75, 3.05) is 6.61 Å². The van der Waals surface area contributed by atoms with Crippen LogP contribution in [0.4, 0.5) is 0 Å². The molecule has 126 valence electrons. The molecule has 3 rings (SSSR count). The number of fused-ring (bicyclic) bond motifs is 1. The molecular formula is C20H19N3O2. The summed E-state index contributed by atoms with van der Waals surface area (Å²) in [5.74, 6) is 1.27. The number of H-pyrrole nitrogens is 1. The van der Waals surface area contributed by atoms with Crippen LogP contribution in [0.3, 0.4) is 0 Å². The van der Waals surface area contributed by atoms with Crippen LogP contribution in [-0.4, -0.2) is 16.6 Å². The van der Waals surface area contributed by atoms with E-state index >= 15 is 0 Å². The smallest absolute Gasteiger partial charge is 0.259 e. The predicted octanol–water partition coefficient (Wildman–Crippen LogP) is 4.05. The number of nitrogens with one attached hydrogen (secondary N) is 1. The fourth-order valence-corrected chi connectivity index (χ4v) is 2.63. The van der Waals surface area contributed by atoms with Crippen LogP contribution >= 0.6 is 0 Å². The molecule has 0 spiro atoms. The molecule has 0 unspecified atom stereocenters. The summed E-state index contributed by atoms with van der Waals surface area (Å²) < 4.78 is 5.76. The minimum Gasteiger partial charge on any atom is -0.494 e. The normalized spacial score (nSPS) is 10.5. The highest BCUT2D eigenvalue weighted by Gasteiger charge is 2.06. The highest BCUT2D eigenvalue weighted by Crippen LogP contribution is 2.21. The topological polar surface area (TPSA) is 78.8 Å². The lowest BCUT2D eigenvalue weighted by Gasteiger charge is -2.08. The van der Waals surface area contributed by atoms with Gasteiger partial charge in [-0.15, -0.1) is 0 Å². The molecule has 0 amide bonds. The van der Waals surface area contributed by atoms with E-state index in [2.05, 4.69) is 16.0 Å².